The second-order valence-electron chi connectivity index (χ2n) is 5.97. The third-order valence-electron chi connectivity index (χ3n) is 4.08. The maximum absolute atomic E-state index is 12.2. The third-order valence-corrected chi connectivity index (χ3v) is 4.68. The van der Waals surface area contributed by atoms with Gasteiger partial charge in [0.1, 0.15) is 0 Å². The van der Waals surface area contributed by atoms with E-state index in [1.165, 1.54) is 12.8 Å². The Labute approximate surface area is 138 Å². The first-order valence-electron chi connectivity index (χ1n) is 7.99. The van der Waals surface area contributed by atoms with Crippen LogP contribution in [0.2, 0.25) is 0 Å². The predicted molar refractivity (Wildman–Crippen MR) is 92.1 cm³/mol. The van der Waals surface area contributed by atoms with Gasteiger partial charge in [0.25, 0.3) is 5.91 Å². The number of nitrogens with zero attached hydrogens (tertiary/aromatic N) is 1. The van der Waals surface area contributed by atoms with Crippen LogP contribution in [0.1, 0.15) is 36.5 Å². The molecule has 1 heterocycles. The highest BCUT2D eigenvalue weighted by Gasteiger charge is 2.20. The number of amides is 1. The molecule has 0 aliphatic carbocycles. The van der Waals surface area contributed by atoms with Crippen molar-refractivity contribution in [2.45, 2.75) is 32.2 Å². The van der Waals surface area contributed by atoms with E-state index in [2.05, 4.69) is 21.9 Å². The molecule has 2 N–H and O–H groups in total. The van der Waals surface area contributed by atoms with Crippen molar-refractivity contribution in [1.82, 2.24) is 10.2 Å². The molecule has 1 aromatic rings. The number of hydrogen-bond acceptors (Lipinski definition) is 4. The van der Waals surface area contributed by atoms with Gasteiger partial charge < -0.3 is 5.32 Å². The summed E-state index contributed by atoms with van der Waals surface area (Å²) in [6.45, 7) is 5.00. The first kappa shape index (κ1) is 17.7. The zero-order valence-corrected chi connectivity index (χ0v) is 14.5. The molecule has 23 heavy (non-hydrogen) atoms. The van der Waals surface area contributed by atoms with Gasteiger partial charge in [0.05, 0.1) is 6.26 Å². The van der Waals surface area contributed by atoms with Crippen LogP contribution in [0.3, 0.4) is 0 Å². The van der Waals surface area contributed by atoms with E-state index in [4.69, 9.17) is 0 Å². The lowest BCUT2D eigenvalue weighted by Gasteiger charge is -2.26. The van der Waals surface area contributed by atoms with E-state index in [1.54, 1.807) is 24.3 Å². The predicted octanol–water partition coefficient (Wildman–Crippen LogP) is 1.66. The van der Waals surface area contributed by atoms with Crippen LogP contribution in [-0.2, 0) is 10.0 Å². The van der Waals surface area contributed by atoms with Crippen molar-refractivity contribution in [2.24, 2.45) is 0 Å². The minimum Gasteiger partial charge on any atom is -0.350 e. The lowest BCUT2D eigenvalue weighted by atomic mass is 10.1. The molecule has 0 aromatic heterocycles. The number of carbonyl (C=O) groups is 1. The van der Waals surface area contributed by atoms with E-state index in [1.807, 2.05) is 0 Å². The second-order valence-corrected chi connectivity index (χ2v) is 7.72. The van der Waals surface area contributed by atoms with Gasteiger partial charge in [-0.3, -0.25) is 14.4 Å². The van der Waals surface area contributed by atoms with Gasteiger partial charge in [-0.15, -0.1) is 0 Å². The summed E-state index contributed by atoms with van der Waals surface area (Å²) in [5.41, 5.74) is 0.980. The SMILES string of the molecule is CCC(CNC(=O)c1ccc(NS(C)(=O)=O)cc1)N1CCCC1. The van der Waals surface area contributed by atoms with E-state index in [-0.39, 0.29) is 5.91 Å². The normalized spacial score (nSPS) is 17.0. The summed E-state index contributed by atoms with van der Waals surface area (Å²) in [6.07, 6.45) is 4.58. The van der Waals surface area contributed by atoms with Gasteiger partial charge in [-0.05, 0) is 56.6 Å². The van der Waals surface area contributed by atoms with Gasteiger partial charge >= 0.3 is 0 Å². The topological polar surface area (TPSA) is 78.5 Å². The van der Waals surface area contributed by atoms with Crippen molar-refractivity contribution in [3.05, 3.63) is 29.8 Å². The molecule has 1 aliphatic heterocycles. The van der Waals surface area contributed by atoms with Gasteiger partial charge in [0.15, 0.2) is 0 Å². The Bertz CT molecular complexity index is 622. The Hall–Kier alpha value is -1.60. The molecule has 0 spiro atoms. The molecule has 6 nitrogen and oxygen atoms in total. The summed E-state index contributed by atoms with van der Waals surface area (Å²) in [7, 11) is -3.30. The molecule has 1 aliphatic rings. The van der Waals surface area contributed by atoms with E-state index in [0.29, 0.717) is 23.8 Å². The Balaban J connectivity index is 1.89. The van der Waals surface area contributed by atoms with E-state index < -0.39 is 10.0 Å². The molecule has 0 bridgehead atoms. The summed E-state index contributed by atoms with van der Waals surface area (Å²) in [6, 6.07) is 6.81. The fourth-order valence-corrected chi connectivity index (χ4v) is 3.42. The minimum atomic E-state index is -3.30. The van der Waals surface area contributed by atoms with Gasteiger partial charge in [0, 0.05) is 23.8 Å². The van der Waals surface area contributed by atoms with Crippen LogP contribution >= 0.6 is 0 Å². The summed E-state index contributed by atoms with van der Waals surface area (Å²) in [5, 5.41) is 2.98. The first-order valence-corrected chi connectivity index (χ1v) is 9.88. The molecule has 1 unspecified atom stereocenters. The number of likely N-dealkylation sites (tertiary alicyclic amines) is 1. The lowest BCUT2D eigenvalue weighted by Crippen LogP contribution is -2.42. The molecule has 128 valence electrons. The van der Waals surface area contributed by atoms with Gasteiger partial charge in [0.2, 0.25) is 10.0 Å². The van der Waals surface area contributed by atoms with Crippen molar-refractivity contribution in [3.8, 4) is 0 Å². The lowest BCUT2D eigenvalue weighted by molar-refractivity contribution is 0.0937. The summed E-state index contributed by atoms with van der Waals surface area (Å²) < 4.78 is 24.7. The molecule has 0 radical (unpaired) electrons. The number of anilines is 1. The highest BCUT2D eigenvalue weighted by atomic mass is 32.2. The average Bonchev–Trinajstić information content (AvgIpc) is 3.01. The van der Waals surface area contributed by atoms with Crippen molar-refractivity contribution in [3.63, 3.8) is 0 Å². The maximum Gasteiger partial charge on any atom is 0.251 e. The number of sulfonamides is 1. The first-order chi connectivity index (χ1) is 10.9. The Morgan fingerprint density at radius 3 is 2.35 bits per heavy atom. The largest absolute Gasteiger partial charge is 0.350 e. The monoisotopic (exact) mass is 339 g/mol. The van der Waals surface area contributed by atoms with Crippen LogP contribution in [-0.4, -0.2) is 51.2 Å². The van der Waals surface area contributed by atoms with E-state index >= 15 is 0 Å². The van der Waals surface area contributed by atoms with E-state index in [0.717, 1.165) is 25.8 Å². The molecule has 1 amide bonds. The molecular formula is C16H25N3O3S. The Morgan fingerprint density at radius 2 is 1.83 bits per heavy atom. The van der Waals surface area contributed by atoms with Crippen molar-refractivity contribution in [2.75, 3.05) is 30.6 Å². The molecule has 1 fully saturated rings. The summed E-state index contributed by atoms with van der Waals surface area (Å²) in [4.78, 5) is 14.6. The van der Waals surface area contributed by atoms with Crippen LogP contribution in [0, 0.1) is 0 Å². The number of carbonyl (C=O) groups excluding carboxylic acids is 1. The molecule has 2 rings (SSSR count). The zero-order chi connectivity index (χ0) is 16.9. The number of benzene rings is 1. The third kappa shape index (κ3) is 5.51. The quantitative estimate of drug-likeness (QED) is 0.792. The number of hydrogen-bond donors (Lipinski definition) is 2. The van der Waals surface area contributed by atoms with Crippen molar-refractivity contribution < 1.29 is 13.2 Å². The van der Waals surface area contributed by atoms with Gasteiger partial charge in [-0.2, -0.15) is 0 Å². The molecule has 7 heteroatoms. The standard InChI is InChI=1S/C16H25N3O3S/c1-3-15(19-10-4-5-11-19)12-17-16(20)13-6-8-14(9-7-13)18-23(2,21)22/h6-9,15,18H,3-5,10-12H2,1-2H3,(H,17,20). The van der Waals surface area contributed by atoms with E-state index in [9.17, 15) is 13.2 Å². The molecule has 0 saturated carbocycles. The highest BCUT2D eigenvalue weighted by Crippen LogP contribution is 2.14. The van der Waals surface area contributed by atoms with Crippen LogP contribution in [0.25, 0.3) is 0 Å². The Kier molecular flexibility index (Phi) is 6.01. The van der Waals surface area contributed by atoms with Crippen LogP contribution < -0.4 is 10.0 Å². The number of nitrogens with one attached hydrogen (secondary N) is 2. The zero-order valence-electron chi connectivity index (χ0n) is 13.7. The molecule has 1 aromatic carbocycles. The fourth-order valence-electron chi connectivity index (χ4n) is 2.85. The highest BCUT2D eigenvalue weighted by molar-refractivity contribution is 7.92. The minimum absolute atomic E-state index is 0.131. The molecule has 1 atom stereocenters. The van der Waals surface area contributed by atoms with Crippen LogP contribution in [0.5, 0.6) is 0 Å². The summed E-state index contributed by atoms with van der Waals surface area (Å²) in [5.74, 6) is -0.131. The second kappa shape index (κ2) is 7.79. The van der Waals surface area contributed by atoms with Crippen molar-refractivity contribution in [1.29, 1.82) is 0 Å². The Morgan fingerprint density at radius 1 is 1.22 bits per heavy atom. The smallest absolute Gasteiger partial charge is 0.251 e. The van der Waals surface area contributed by atoms with Crippen LogP contribution in [0.15, 0.2) is 24.3 Å². The van der Waals surface area contributed by atoms with Crippen molar-refractivity contribution >= 4 is 21.6 Å². The maximum atomic E-state index is 12.2. The van der Waals surface area contributed by atoms with Gasteiger partial charge in [-0.1, -0.05) is 6.92 Å². The van der Waals surface area contributed by atoms with Crippen LogP contribution in [0.4, 0.5) is 5.69 Å². The average molecular weight is 339 g/mol. The fraction of sp³-hybridized carbons (Fsp3) is 0.562. The molecular weight excluding hydrogens is 314 g/mol. The molecule has 1 saturated heterocycles. The van der Waals surface area contributed by atoms with Gasteiger partial charge in [-0.25, -0.2) is 8.42 Å². The number of rotatable bonds is 7. The summed E-state index contributed by atoms with van der Waals surface area (Å²) >= 11 is 0.